The molecule has 15 heavy (non-hydrogen) atoms. The van der Waals surface area contributed by atoms with Gasteiger partial charge in [0.05, 0.1) is 19.8 Å². The molecule has 1 fully saturated rings. The number of hydrogen-bond acceptors (Lipinski definition) is 3. The Balaban J connectivity index is 2.07. The van der Waals surface area contributed by atoms with E-state index in [1.165, 1.54) is 19.4 Å². The van der Waals surface area contributed by atoms with Crippen molar-refractivity contribution in [1.82, 2.24) is 4.90 Å². The SMILES string of the molecule is COCC1CCCN(CCOCCCl)C1. The first-order valence-electron chi connectivity index (χ1n) is 5.71. The second-order valence-corrected chi connectivity index (χ2v) is 4.44. The van der Waals surface area contributed by atoms with E-state index in [1.54, 1.807) is 7.11 Å². The molecule has 1 aliphatic heterocycles. The van der Waals surface area contributed by atoms with E-state index in [4.69, 9.17) is 21.1 Å². The Morgan fingerprint density at radius 3 is 3.00 bits per heavy atom. The predicted octanol–water partition coefficient (Wildman–Crippen LogP) is 1.60. The summed E-state index contributed by atoms with van der Waals surface area (Å²) in [6, 6.07) is 0. The Labute approximate surface area is 97.7 Å². The molecule has 1 atom stereocenters. The fraction of sp³-hybridized carbons (Fsp3) is 1.00. The molecule has 3 nitrogen and oxygen atoms in total. The van der Waals surface area contributed by atoms with Crippen molar-refractivity contribution in [3.8, 4) is 0 Å². The summed E-state index contributed by atoms with van der Waals surface area (Å²) in [6.45, 7) is 5.72. The van der Waals surface area contributed by atoms with Crippen LogP contribution in [0.4, 0.5) is 0 Å². The lowest BCUT2D eigenvalue weighted by Gasteiger charge is -2.32. The summed E-state index contributed by atoms with van der Waals surface area (Å²) in [6.07, 6.45) is 2.58. The van der Waals surface area contributed by atoms with Crippen molar-refractivity contribution in [2.24, 2.45) is 5.92 Å². The van der Waals surface area contributed by atoms with Gasteiger partial charge in [-0.25, -0.2) is 0 Å². The van der Waals surface area contributed by atoms with Gasteiger partial charge in [0.1, 0.15) is 0 Å². The minimum absolute atomic E-state index is 0.590. The van der Waals surface area contributed by atoms with Crippen molar-refractivity contribution in [3.05, 3.63) is 0 Å². The number of methoxy groups -OCH3 is 1. The number of nitrogens with zero attached hydrogens (tertiary/aromatic N) is 1. The maximum absolute atomic E-state index is 5.53. The van der Waals surface area contributed by atoms with E-state index in [9.17, 15) is 0 Å². The fourth-order valence-corrected chi connectivity index (χ4v) is 2.19. The molecule has 0 aromatic carbocycles. The predicted molar refractivity (Wildman–Crippen MR) is 62.6 cm³/mol. The zero-order valence-corrected chi connectivity index (χ0v) is 10.3. The first-order chi connectivity index (χ1) is 7.36. The van der Waals surface area contributed by atoms with Gasteiger partial charge in [-0.05, 0) is 25.3 Å². The standard InChI is InChI=1S/C11H22ClNO2/c1-14-10-11-3-2-5-13(9-11)6-8-15-7-4-12/h11H,2-10H2,1H3. The maximum Gasteiger partial charge on any atom is 0.0602 e. The van der Waals surface area contributed by atoms with Crippen LogP contribution in [-0.4, -0.2) is 57.3 Å². The van der Waals surface area contributed by atoms with Crippen molar-refractivity contribution >= 4 is 11.6 Å². The lowest BCUT2D eigenvalue weighted by Crippen LogP contribution is -2.39. The van der Waals surface area contributed by atoms with Gasteiger partial charge in [-0.2, -0.15) is 0 Å². The van der Waals surface area contributed by atoms with E-state index in [1.807, 2.05) is 0 Å². The molecule has 1 rings (SSSR count). The number of ether oxygens (including phenoxy) is 2. The highest BCUT2D eigenvalue weighted by atomic mass is 35.5. The van der Waals surface area contributed by atoms with Gasteiger partial charge in [-0.15, -0.1) is 11.6 Å². The van der Waals surface area contributed by atoms with Crippen LogP contribution in [-0.2, 0) is 9.47 Å². The van der Waals surface area contributed by atoms with Gasteiger partial charge in [0, 0.05) is 26.1 Å². The molecule has 0 spiro atoms. The van der Waals surface area contributed by atoms with E-state index in [0.29, 0.717) is 18.4 Å². The summed E-state index contributed by atoms with van der Waals surface area (Å²) in [4.78, 5) is 2.46. The van der Waals surface area contributed by atoms with Crippen LogP contribution in [0.2, 0.25) is 0 Å². The molecule has 0 saturated carbocycles. The zero-order chi connectivity index (χ0) is 10.9. The van der Waals surface area contributed by atoms with E-state index >= 15 is 0 Å². The number of hydrogen-bond donors (Lipinski definition) is 0. The monoisotopic (exact) mass is 235 g/mol. The molecule has 90 valence electrons. The van der Waals surface area contributed by atoms with Crippen molar-refractivity contribution in [2.75, 3.05) is 52.4 Å². The third kappa shape index (κ3) is 5.71. The van der Waals surface area contributed by atoms with Gasteiger partial charge in [0.2, 0.25) is 0 Å². The second kappa shape index (κ2) is 8.34. The second-order valence-electron chi connectivity index (χ2n) is 4.07. The summed E-state index contributed by atoms with van der Waals surface area (Å²) in [5, 5.41) is 0. The summed E-state index contributed by atoms with van der Waals surface area (Å²) in [5.41, 5.74) is 0. The third-order valence-corrected chi connectivity index (χ3v) is 2.93. The molecule has 0 aromatic heterocycles. The molecule has 0 amide bonds. The van der Waals surface area contributed by atoms with E-state index in [2.05, 4.69) is 4.90 Å². The summed E-state index contributed by atoms with van der Waals surface area (Å²) in [5.74, 6) is 1.29. The quantitative estimate of drug-likeness (QED) is 0.494. The molecule has 0 radical (unpaired) electrons. The first-order valence-corrected chi connectivity index (χ1v) is 6.25. The van der Waals surface area contributed by atoms with Gasteiger partial charge in [0.15, 0.2) is 0 Å². The topological polar surface area (TPSA) is 21.7 Å². The molecular formula is C11H22ClNO2. The minimum Gasteiger partial charge on any atom is -0.384 e. The average Bonchev–Trinajstić information content (AvgIpc) is 2.26. The van der Waals surface area contributed by atoms with Gasteiger partial charge < -0.3 is 14.4 Å². The lowest BCUT2D eigenvalue weighted by atomic mass is 9.99. The molecule has 0 aromatic rings. The van der Waals surface area contributed by atoms with Crippen LogP contribution in [0.5, 0.6) is 0 Å². The zero-order valence-electron chi connectivity index (χ0n) is 9.58. The fourth-order valence-electron chi connectivity index (χ4n) is 2.08. The van der Waals surface area contributed by atoms with E-state index in [-0.39, 0.29) is 0 Å². The van der Waals surface area contributed by atoms with Crippen molar-refractivity contribution in [1.29, 1.82) is 0 Å². The Kier molecular flexibility index (Phi) is 7.36. The van der Waals surface area contributed by atoms with Crippen LogP contribution in [0.3, 0.4) is 0 Å². The van der Waals surface area contributed by atoms with Crippen molar-refractivity contribution < 1.29 is 9.47 Å². The summed E-state index contributed by atoms with van der Waals surface area (Å²) < 4.78 is 10.6. The van der Waals surface area contributed by atoms with Gasteiger partial charge in [0.25, 0.3) is 0 Å². The largest absolute Gasteiger partial charge is 0.384 e. The highest BCUT2D eigenvalue weighted by molar-refractivity contribution is 6.17. The van der Waals surface area contributed by atoms with E-state index in [0.717, 1.165) is 26.3 Å². The number of piperidine rings is 1. The molecule has 0 bridgehead atoms. The number of halogens is 1. The molecule has 4 heteroatoms. The van der Waals surface area contributed by atoms with Crippen molar-refractivity contribution in [2.45, 2.75) is 12.8 Å². The van der Waals surface area contributed by atoms with E-state index < -0.39 is 0 Å². The van der Waals surface area contributed by atoms with Crippen LogP contribution in [0, 0.1) is 5.92 Å². The molecule has 1 unspecified atom stereocenters. The first kappa shape index (κ1) is 13.2. The number of rotatable bonds is 7. The maximum atomic E-state index is 5.53. The average molecular weight is 236 g/mol. The van der Waals surface area contributed by atoms with Gasteiger partial charge in [-0.1, -0.05) is 0 Å². The Morgan fingerprint density at radius 1 is 1.40 bits per heavy atom. The smallest absolute Gasteiger partial charge is 0.0602 e. The summed E-state index contributed by atoms with van der Waals surface area (Å²) in [7, 11) is 1.78. The normalized spacial score (nSPS) is 23.2. The van der Waals surface area contributed by atoms with Crippen LogP contribution in [0.25, 0.3) is 0 Å². The molecular weight excluding hydrogens is 214 g/mol. The Morgan fingerprint density at radius 2 is 2.27 bits per heavy atom. The third-order valence-electron chi connectivity index (χ3n) is 2.78. The van der Waals surface area contributed by atoms with Gasteiger partial charge in [-0.3, -0.25) is 0 Å². The summed E-state index contributed by atoms with van der Waals surface area (Å²) >= 11 is 5.53. The number of likely N-dealkylation sites (tertiary alicyclic amines) is 1. The molecule has 1 aliphatic rings. The molecule has 1 heterocycles. The van der Waals surface area contributed by atoms with Gasteiger partial charge >= 0.3 is 0 Å². The van der Waals surface area contributed by atoms with Crippen LogP contribution < -0.4 is 0 Å². The lowest BCUT2D eigenvalue weighted by molar-refractivity contribution is 0.0646. The minimum atomic E-state index is 0.590. The Bertz CT molecular complexity index is 156. The molecule has 0 aliphatic carbocycles. The van der Waals surface area contributed by atoms with Crippen LogP contribution in [0.15, 0.2) is 0 Å². The number of alkyl halides is 1. The van der Waals surface area contributed by atoms with Crippen LogP contribution in [0.1, 0.15) is 12.8 Å². The Hall–Kier alpha value is 0.170. The van der Waals surface area contributed by atoms with Crippen LogP contribution >= 0.6 is 11.6 Å². The molecule has 1 saturated heterocycles. The van der Waals surface area contributed by atoms with Crippen molar-refractivity contribution in [3.63, 3.8) is 0 Å². The highest BCUT2D eigenvalue weighted by Gasteiger charge is 2.18. The molecule has 0 N–H and O–H groups in total. The highest BCUT2D eigenvalue weighted by Crippen LogP contribution is 2.15.